The quantitative estimate of drug-likeness (QED) is 0.150. The smallest absolute Gasteiger partial charge is 0.656 e. The molecule has 0 bridgehead atoms. The van der Waals surface area contributed by atoms with Crippen LogP contribution in [-0.2, 0) is 26.5 Å². The van der Waals surface area contributed by atoms with E-state index in [4.69, 9.17) is 15.0 Å². The zero-order valence-corrected chi connectivity index (χ0v) is 36.9. The summed E-state index contributed by atoms with van der Waals surface area (Å²) in [5, 5.41) is 4.53. The number of rotatable bonds is 7. The predicted molar refractivity (Wildman–Crippen MR) is 255 cm³/mol. The van der Waals surface area contributed by atoms with Gasteiger partial charge in [-0.05, 0) is 80.3 Å². The van der Waals surface area contributed by atoms with Gasteiger partial charge in [-0.15, -0.1) is 34.8 Å². The Morgan fingerprint density at radius 3 is 2.03 bits per heavy atom. The normalized spacial score (nSPS) is 11.8. The zero-order chi connectivity index (χ0) is 41.4. The maximum atomic E-state index is 5.56. The van der Waals surface area contributed by atoms with Gasteiger partial charge in [0, 0.05) is 28.4 Å². The number of benzene rings is 8. The summed E-state index contributed by atoms with van der Waals surface area (Å²) in [6.45, 7) is 4.65. The van der Waals surface area contributed by atoms with Gasteiger partial charge in [0.15, 0.2) is 0 Å². The van der Waals surface area contributed by atoms with Gasteiger partial charge in [-0.3, -0.25) is 4.57 Å². The van der Waals surface area contributed by atoms with Gasteiger partial charge >= 0.3 is 21.1 Å². The van der Waals surface area contributed by atoms with Gasteiger partial charge in [0.1, 0.15) is 11.6 Å². The topological polar surface area (TPSA) is 49.7 Å². The Bertz CT molecular complexity index is 3640. The Morgan fingerprint density at radius 2 is 1.24 bits per heavy atom. The van der Waals surface area contributed by atoms with Crippen LogP contribution >= 0.6 is 0 Å². The summed E-state index contributed by atoms with van der Waals surface area (Å²) in [7, 11) is 0. The van der Waals surface area contributed by atoms with Crippen molar-refractivity contribution in [3.8, 4) is 45.1 Å². The molecule has 5 nitrogen and oxygen atoms in total. The van der Waals surface area contributed by atoms with Gasteiger partial charge in [0.2, 0.25) is 0 Å². The van der Waals surface area contributed by atoms with Crippen molar-refractivity contribution in [2.75, 3.05) is 0 Å². The van der Waals surface area contributed by atoms with Crippen LogP contribution in [0.4, 0.5) is 0 Å². The SMILES string of the molecule is CC(C)(c1ccccc1)c1cc2c(cc1-c1ccccc1)c1ccc(-c3cccc4c3nc(-c3cccc5c3[n-]c3ccccc35)n4-c3ccccc3)[c-]c1n2-c1ccccn1.[Pt+2]. The maximum absolute atomic E-state index is 5.56. The van der Waals surface area contributed by atoms with Gasteiger partial charge < -0.3 is 9.55 Å². The first-order chi connectivity index (χ1) is 30.5. The molecule has 12 aromatic rings. The van der Waals surface area contributed by atoms with E-state index in [1.165, 1.54) is 22.3 Å². The molecule has 12 rings (SSSR count). The van der Waals surface area contributed by atoms with Crippen LogP contribution in [0.5, 0.6) is 0 Å². The van der Waals surface area contributed by atoms with E-state index < -0.39 is 0 Å². The molecule has 0 spiro atoms. The van der Waals surface area contributed by atoms with Crippen LogP contribution in [0.3, 0.4) is 0 Å². The maximum Gasteiger partial charge on any atom is 2.00 e. The molecular weight excluding hydrogens is 950 g/mol. The van der Waals surface area contributed by atoms with Crippen LogP contribution < -0.4 is 4.98 Å². The molecule has 8 aromatic carbocycles. The third-order valence-corrected chi connectivity index (χ3v) is 12.6. The molecule has 0 aliphatic rings. The summed E-state index contributed by atoms with van der Waals surface area (Å²) in [6, 6.07) is 72.7. The largest absolute Gasteiger partial charge is 2.00 e. The number of imidazole rings is 1. The molecule has 0 amide bonds. The summed E-state index contributed by atoms with van der Waals surface area (Å²) in [5.41, 5.74) is 14.5. The van der Waals surface area contributed by atoms with Crippen molar-refractivity contribution in [2.45, 2.75) is 19.3 Å². The molecule has 0 aliphatic heterocycles. The Kier molecular flexibility index (Phi) is 9.33. The Labute approximate surface area is 379 Å². The van der Waals surface area contributed by atoms with Crippen molar-refractivity contribution in [2.24, 2.45) is 0 Å². The number of para-hydroxylation sites is 4. The van der Waals surface area contributed by atoms with E-state index in [9.17, 15) is 0 Å². The van der Waals surface area contributed by atoms with E-state index in [1.807, 2.05) is 18.3 Å². The van der Waals surface area contributed by atoms with E-state index in [-0.39, 0.29) is 26.5 Å². The minimum Gasteiger partial charge on any atom is -0.656 e. The molecule has 4 aromatic heterocycles. The minimum atomic E-state index is -0.305. The average molecular weight is 989 g/mol. The van der Waals surface area contributed by atoms with Crippen LogP contribution in [0, 0.1) is 6.07 Å². The van der Waals surface area contributed by atoms with Crippen molar-refractivity contribution >= 4 is 54.6 Å². The number of hydrogen-bond acceptors (Lipinski definition) is 2. The van der Waals surface area contributed by atoms with Crippen molar-refractivity contribution < 1.29 is 21.1 Å². The van der Waals surface area contributed by atoms with Gasteiger partial charge in [-0.1, -0.05) is 170 Å². The van der Waals surface area contributed by atoms with E-state index in [1.54, 1.807) is 0 Å². The third kappa shape index (κ3) is 6.18. The van der Waals surface area contributed by atoms with Crippen LogP contribution in [0.25, 0.3) is 99.8 Å². The van der Waals surface area contributed by atoms with E-state index in [0.717, 1.165) is 88.7 Å². The first-order valence-electron chi connectivity index (χ1n) is 21.1. The summed E-state index contributed by atoms with van der Waals surface area (Å²) < 4.78 is 4.56. The third-order valence-electron chi connectivity index (χ3n) is 12.6. The van der Waals surface area contributed by atoms with Crippen molar-refractivity contribution in [1.29, 1.82) is 0 Å². The Morgan fingerprint density at radius 1 is 0.540 bits per heavy atom. The fourth-order valence-electron chi connectivity index (χ4n) is 9.57. The zero-order valence-electron chi connectivity index (χ0n) is 34.6. The summed E-state index contributed by atoms with van der Waals surface area (Å²) in [5.74, 6) is 1.69. The molecule has 0 fully saturated rings. The standard InChI is InChI=1S/C57H39N5.Pt/c1-57(2,39-20-8-4-9-21-39)48-36-52-47(35-46(48)37-18-6-3-7-19-37)43-32-31-38(34-51(43)62(52)53-30-14-15-33-58-53)41-25-17-29-50-55(41)60-56(61(50)40-22-10-5-11-23-40)45-27-16-26-44-42-24-12-13-28-49(42)59-54(44)45;/h3-33,35-36H,1-2H3;/q-2;+2. The van der Waals surface area contributed by atoms with Crippen LogP contribution in [0.2, 0.25) is 0 Å². The molecule has 0 saturated carbocycles. The predicted octanol–water partition coefficient (Wildman–Crippen LogP) is 13.9. The molecular formula is C57H39N5Pt. The minimum absolute atomic E-state index is 0. The molecule has 6 heteroatoms. The van der Waals surface area contributed by atoms with Gasteiger partial charge in [0.25, 0.3) is 0 Å². The fourth-order valence-corrected chi connectivity index (χ4v) is 9.57. The van der Waals surface area contributed by atoms with Crippen LogP contribution in [-0.4, -0.2) is 19.1 Å². The second-order valence-electron chi connectivity index (χ2n) is 16.5. The number of pyridine rings is 1. The number of aromatic nitrogens is 5. The number of nitrogens with zero attached hydrogens (tertiary/aromatic N) is 5. The molecule has 0 radical (unpaired) electrons. The Balaban J connectivity index is 0.00000444. The van der Waals surface area contributed by atoms with E-state index >= 15 is 0 Å². The molecule has 0 aliphatic carbocycles. The van der Waals surface area contributed by atoms with Crippen LogP contribution in [0.15, 0.2) is 200 Å². The van der Waals surface area contributed by atoms with Crippen molar-refractivity contribution in [3.63, 3.8) is 0 Å². The molecule has 0 saturated heterocycles. The molecule has 0 atom stereocenters. The summed E-state index contributed by atoms with van der Waals surface area (Å²) in [4.78, 5) is 15.7. The molecule has 4 heterocycles. The monoisotopic (exact) mass is 988 g/mol. The van der Waals surface area contributed by atoms with Crippen molar-refractivity contribution in [1.82, 2.24) is 24.1 Å². The summed E-state index contributed by atoms with van der Waals surface area (Å²) in [6.07, 6.45) is 1.87. The van der Waals surface area contributed by atoms with Gasteiger partial charge in [-0.2, -0.15) is 0 Å². The van der Waals surface area contributed by atoms with E-state index in [2.05, 4.69) is 211 Å². The molecule has 302 valence electrons. The first kappa shape index (κ1) is 38.6. The first-order valence-corrected chi connectivity index (χ1v) is 21.1. The second-order valence-corrected chi connectivity index (χ2v) is 16.5. The Hall–Kier alpha value is -7.33. The van der Waals surface area contributed by atoms with Crippen molar-refractivity contribution in [3.05, 3.63) is 218 Å². The number of fused-ring (bicyclic) bond motifs is 7. The van der Waals surface area contributed by atoms with Crippen LogP contribution in [0.1, 0.15) is 25.0 Å². The average Bonchev–Trinajstić information content (AvgIpc) is 4.02. The molecule has 0 N–H and O–H groups in total. The number of hydrogen-bond donors (Lipinski definition) is 0. The van der Waals surface area contributed by atoms with Gasteiger partial charge in [0.05, 0.1) is 11.0 Å². The fraction of sp³-hybridized carbons (Fsp3) is 0.0526. The second kappa shape index (κ2) is 15.2. The van der Waals surface area contributed by atoms with E-state index in [0.29, 0.717) is 0 Å². The summed E-state index contributed by atoms with van der Waals surface area (Å²) >= 11 is 0. The molecule has 63 heavy (non-hydrogen) atoms. The molecule has 0 unspecified atom stereocenters. The van der Waals surface area contributed by atoms with Gasteiger partial charge in [-0.25, -0.2) is 9.97 Å².